The van der Waals surface area contributed by atoms with Crippen molar-refractivity contribution < 1.29 is 8.42 Å². The molecule has 1 aromatic rings. The molecule has 0 unspecified atom stereocenters. The van der Waals surface area contributed by atoms with Gasteiger partial charge in [0.05, 0.1) is 11.8 Å². The maximum Gasteiger partial charge on any atom is 0.215 e. The molecule has 0 aliphatic rings. The molecule has 6 heteroatoms. The second kappa shape index (κ2) is 5.58. The van der Waals surface area contributed by atoms with E-state index >= 15 is 0 Å². The van der Waals surface area contributed by atoms with Crippen LogP contribution < -0.4 is 0 Å². The quantitative estimate of drug-likeness (QED) is 0.697. The number of hydrogen-bond donors (Lipinski definition) is 0. The summed E-state index contributed by atoms with van der Waals surface area (Å²) < 4.78 is 24.3. The second-order valence-corrected chi connectivity index (χ2v) is 5.50. The zero-order chi connectivity index (χ0) is 12.0. The average Bonchev–Trinajstić information content (AvgIpc) is 2.28. The van der Waals surface area contributed by atoms with E-state index in [1.807, 2.05) is 6.07 Å². The molecule has 1 heterocycles. The van der Waals surface area contributed by atoms with E-state index in [0.29, 0.717) is 6.42 Å². The number of sulfonamides is 1. The number of nitrogens with zero attached hydrogens (tertiary/aromatic N) is 3. The Morgan fingerprint density at radius 2 is 2.25 bits per heavy atom. The Kier molecular flexibility index (Phi) is 4.40. The van der Waals surface area contributed by atoms with E-state index in [4.69, 9.17) is 5.26 Å². The van der Waals surface area contributed by atoms with Gasteiger partial charge in [-0.05, 0) is 12.1 Å². The van der Waals surface area contributed by atoms with Gasteiger partial charge in [-0.2, -0.15) is 9.57 Å². The van der Waals surface area contributed by atoms with Crippen LogP contribution >= 0.6 is 0 Å². The standard InChI is InChI=1S/C10H13N3O2S/c1-13(8-6-11)16(14,15)9-5-10-4-2-3-7-12-10/h2-4,7H,5,8-9H2,1H3. The van der Waals surface area contributed by atoms with Gasteiger partial charge in [-0.1, -0.05) is 6.07 Å². The van der Waals surface area contributed by atoms with Crippen molar-refractivity contribution >= 4 is 10.0 Å². The molecule has 16 heavy (non-hydrogen) atoms. The van der Waals surface area contributed by atoms with Gasteiger partial charge in [0, 0.05) is 25.4 Å². The molecule has 1 aromatic heterocycles. The molecule has 1 rings (SSSR count). The lowest BCUT2D eigenvalue weighted by molar-refractivity contribution is 0.501. The molecule has 0 aliphatic carbocycles. The van der Waals surface area contributed by atoms with Crippen LogP contribution in [0.5, 0.6) is 0 Å². The van der Waals surface area contributed by atoms with Crippen molar-refractivity contribution in [3.8, 4) is 6.07 Å². The Balaban J connectivity index is 2.59. The zero-order valence-electron chi connectivity index (χ0n) is 9.00. The Hall–Kier alpha value is -1.45. The number of nitriles is 1. The topological polar surface area (TPSA) is 74.1 Å². The van der Waals surface area contributed by atoms with E-state index in [-0.39, 0.29) is 12.3 Å². The zero-order valence-corrected chi connectivity index (χ0v) is 9.81. The third kappa shape index (κ3) is 3.61. The van der Waals surface area contributed by atoms with E-state index in [0.717, 1.165) is 10.00 Å². The third-order valence-electron chi connectivity index (χ3n) is 2.11. The lowest BCUT2D eigenvalue weighted by atomic mass is 10.3. The molecular formula is C10H13N3O2S. The van der Waals surface area contributed by atoms with Gasteiger partial charge in [-0.15, -0.1) is 0 Å². The summed E-state index contributed by atoms with van der Waals surface area (Å²) in [7, 11) is -1.95. The van der Waals surface area contributed by atoms with Gasteiger partial charge in [0.25, 0.3) is 0 Å². The van der Waals surface area contributed by atoms with Crippen LogP contribution in [0.3, 0.4) is 0 Å². The molecule has 0 aromatic carbocycles. The lowest BCUT2D eigenvalue weighted by Gasteiger charge is -2.12. The number of aromatic nitrogens is 1. The molecule has 0 saturated heterocycles. The van der Waals surface area contributed by atoms with Crippen molar-refractivity contribution in [1.29, 1.82) is 5.26 Å². The highest BCUT2D eigenvalue weighted by molar-refractivity contribution is 7.89. The molecule has 0 radical (unpaired) electrons. The van der Waals surface area contributed by atoms with Gasteiger partial charge in [-0.25, -0.2) is 8.42 Å². The molecule has 5 nitrogen and oxygen atoms in total. The molecule has 0 saturated carbocycles. The normalized spacial score (nSPS) is 11.3. The minimum atomic E-state index is -3.35. The van der Waals surface area contributed by atoms with E-state index in [2.05, 4.69) is 4.98 Å². The van der Waals surface area contributed by atoms with E-state index in [1.54, 1.807) is 24.4 Å². The summed E-state index contributed by atoms with van der Waals surface area (Å²) in [4.78, 5) is 4.04. The van der Waals surface area contributed by atoms with Crippen LogP contribution in [0.15, 0.2) is 24.4 Å². The number of rotatable bonds is 5. The number of pyridine rings is 1. The van der Waals surface area contributed by atoms with Crippen LogP contribution in [0.25, 0.3) is 0 Å². The molecule has 0 bridgehead atoms. The first-order valence-corrected chi connectivity index (χ1v) is 6.38. The monoisotopic (exact) mass is 239 g/mol. The fourth-order valence-electron chi connectivity index (χ4n) is 1.13. The van der Waals surface area contributed by atoms with Crippen molar-refractivity contribution in [1.82, 2.24) is 9.29 Å². The number of hydrogen-bond acceptors (Lipinski definition) is 4. The summed E-state index contributed by atoms with van der Waals surface area (Å²) in [6.07, 6.45) is 1.99. The van der Waals surface area contributed by atoms with Crippen molar-refractivity contribution in [2.24, 2.45) is 0 Å². The first-order chi connectivity index (χ1) is 7.56. The second-order valence-electron chi connectivity index (χ2n) is 3.30. The predicted molar refractivity (Wildman–Crippen MR) is 60.0 cm³/mol. The van der Waals surface area contributed by atoms with Crippen LogP contribution in [-0.4, -0.2) is 37.1 Å². The van der Waals surface area contributed by atoms with Gasteiger partial charge in [0.1, 0.15) is 6.54 Å². The highest BCUT2D eigenvalue weighted by Crippen LogP contribution is 2.02. The van der Waals surface area contributed by atoms with E-state index in [1.165, 1.54) is 7.05 Å². The van der Waals surface area contributed by atoms with Crippen LogP contribution in [0.4, 0.5) is 0 Å². The molecule has 0 N–H and O–H groups in total. The average molecular weight is 239 g/mol. The molecule has 0 atom stereocenters. The lowest BCUT2D eigenvalue weighted by Crippen LogP contribution is -2.30. The van der Waals surface area contributed by atoms with E-state index in [9.17, 15) is 8.42 Å². The predicted octanol–water partition coefficient (Wildman–Crippen LogP) is 0.409. The highest BCUT2D eigenvalue weighted by atomic mass is 32.2. The van der Waals surface area contributed by atoms with Crippen LogP contribution in [0.2, 0.25) is 0 Å². The Labute approximate surface area is 95.4 Å². The van der Waals surface area contributed by atoms with Gasteiger partial charge in [0.15, 0.2) is 0 Å². The maximum atomic E-state index is 11.6. The summed E-state index contributed by atoms with van der Waals surface area (Å²) in [6.45, 7) is -0.120. The molecule has 0 aliphatic heterocycles. The van der Waals surface area contributed by atoms with Gasteiger partial charge in [0.2, 0.25) is 10.0 Å². The molecule has 0 amide bonds. The SMILES string of the molecule is CN(CC#N)S(=O)(=O)CCc1ccccn1. The minimum absolute atomic E-state index is 0.0256. The summed E-state index contributed by atoms with van der Waals surface area (Å²) in [5.41, 5.74) is 0.733. The summed E-state index contributed by atoms with van der Waals surface area (Å²) in [6, 6.07) is 7.17. The van der Waals surface area contributed by atoms with Crippen molar-refractivity contribution in [3.63, 3.8) is 0 Å². The van der Waals surface area contributed by atoms with Crippen LogP contribution in [0.1, 0.15) is 5.69 Å². The van der Waals surface area contributed by atoms with Gasteiger partial charge < -0.3 is 0 Å². The van der Waals surface area contributed by atoms with Gasteiger partial charge in [-0.3, -0.25) is 4.98 Å². The summed E-state index contributed by atoms with van der Waals surface area (Å²) >= 11 is 0. The first kappa shape index (κ1) is 12.6. The summed E-state index contributed by atoms with van der Waals surface area (Å²) in [5, 5.41) is 8.42. The Bertz CT molecular complexity index is 465. The molecule has 0 spiro atoms. The highest BCUT2D eigenvalue weighted by Gasteiger charge is 2.17. The fraction of sp³-hybridized carbons (Fsp3) is 0.400. The summed E-state index contributed by atoms with van der Waals surface area (Å²) in [5.74, 6) is -0.0256. The maximum absolute atomic E-state index is 11.6. The molecule has 0 fully saturated rings. The third-order valence-corrected chi connectivity index (χ3v) is 3.91. The smallest absolute Gasteiger partial charge is 0.215 e. The van der Waals surface area contributed by atoms with Crippen LogP contribution in [0, 0.1) is 11.3 Å². The Morgan fingerprint density at radius 1 is 1.50 bits per heavy atom. The number of aryl methyl sites for hydroxylation is 1. The Morgan fingerprint density at radius 3 is 2.81 bits per heavy atom. The minimum Gasteiger partial charge on any atom is -0.261 e. The van der Waals surface area contributed by atoms with Crippen molar-refractivity contribution in [3.05, 3.63) is 30.1 Å². The van der Waals surface area contributed by atoms with Crippen molar-refractivity contribution in [2.75, 3.05) is 19.3 Å². The fourth-order valence-corrected chi connectivity index (χ4v) is 2.17. The largest absolute Gasteiger partial charge is 0.261 e. The van der Waals surface area contributed by atoms with Crippen LogP contribution in [-0.2, 0) is 16.4 Å². The van der Waals surface area contributed by atoms with E-state index < -0.39 is 10.0 Å². The van der Waals surface area contributed by atoms with Gasteiger partial charge >= 0.3 is 0 Å². The first-order valence-electron chi connectivity index (χ1n) is 4.77. The van der Waals surface area contributed by atoms with Crippen molar-refractivity contribution in [2.45, 2.75) is 6.42 Å². The molecule has 86 valence electrons. The molecular weight excluding hydrogens is 226 g/mol.